The quantitative estimate of drug-likeness (QED) is 0.162. The fraction of sp³-hybridized carbons (Fsp3) is 0.582. The van der Waals surface area contributed by atoms with Crippen molar-refractivity contribution in [2.24, 2.45) is 0 Å². The molecule has 0 aliphatic rings. The molecular weight excluding hydrogens is 981 g/mol. The Bertz CT molecular complexity index is 1860. The number of aryl methyl sites for hydroxylation is 1. The Morgan fingerprint density at radius 1 is 0.429 bits per heavy atom. The molecule has 0 radical (unpaired) electrons. The number of pyridine rings is 2. The molecule has 77 heavy (non-hydrogen) atoms. The van der Waals surface area contributed by atoms with Gasteiger partial charge in [-0.2, -0.15) is 10.2 Å². The summed E-state index contributed by atoms with van der Waals surface area (Å²) in [5.74, 6) is 0. The molecule has 10 heteroatoms. The van der Waals surface area contributed by atoms with Crippen molar-refractivity contribution in [1.82, 2.24) is 38.7 Å². The smallest absolute Gasteiger partial charge is 0.0543 e. The van der Waals surface area contributed by atoms with Crippen molar-refractivity contribution in [3.8, 4) is 0 Å². The molecule has 442 valence electrons. The summed E-state index contributed by atoms with van der Waals surface area (Å²) in [5, 5.41) is 13.0. The minimum Gasteiger partial charge on any atom is -0.282 e. The maximum atomic E-state index is 4.25. The van der Waals surface area contributed by atoms with Gasteiger partial charge in [0, 0.05) is 82.0 Å². The van der Waals surface area contributed by atoms with Gasteiger partial charge in [-0.3, -0.25) is 19.7 Å². The zero-order valence-electron chi connectivity index (χ0n) is 56.1. The summed E-state index contributed by atoms with van der Waals surface area (Å²) < 4.78 is 10.00. The Kier molecular flexibility index (Phi) is 56.7. The van der Waals surface area contributed by atoms with E-state index in [0.717, 1.165) is 5.69 Å². The highest BCUT2D eigenvalue weighted by molar-refractivity contribution is 7.05. The third-order valence-corrected chi connectivity index (χ3v) is 10.6. The van der Waals surface area contributed by atoms with Crippen LogP contribution >= 0.6 is 23.1 Å². The number of nitrogens with one attached hydrogen (secondary N) is 1. The first-order valence-electron chi connectivity index (χ1n) is 28.7. The van der Waals surface area contributed by atoms with Gasteiger partial charge in [0.15, 0.2) is 0 Å². The minimum absolute atomic E-state index is 0.128. The Balaban J connectivity index is -0.000000143. The van der Waals surface area contributed by atoms with Crippen molar-refractivity contribution in [3.63, 3.8) is 0 Å². The molecule has 0 spiro atoms. The van der Waals surface area contributed by atoms with Crippen LogP contribution in [0.15, 0.2) is 134 Å². The normalized spacial score (nSPS) is 9.88. The van der Waals surface area contributed by atoms with E-state index in [1.165, 1.54) is 38.8 Å². The zero-order chi connectivity index (χ0) is 62.0. The lowest BCUT2D eigenvalue weighted by molar-refractivity contribution is 0.355. The Hall–Kier alpha value is -4.80. The van der Waals surface area contributed by atoms with Crippen molar-refractivity contribution >= 4 is 23.1 Å². The number of hydrogen-bond acceptors (Lipinski definition) is 8. The van der Waals surface area contributed by atoms with E-state index < -0.39 is 0 Å². The van der Waals surface area contributed by atoms with E-state index in [9.17, 15) is 0 Å². The van der Waals surface area contributed by atoms with Gasteiger partial charge >= 0.3 is 0 Å². The van der Waals surface area contributed by atoms with E-state index in [1.807, 2.05) is 176 Å². The molecule has 0 unspecified atom stereocenters. The number of nitrogens with zero attached hydrogens (tertiary/aromatic N) is 7. The molecule has 1 aromatic carbocycles. The van der Waals surface area contributed by atoms with Gasteiger partial charge in [-0.1, -0.05) is 243 Å². The van der Waals surface area contributed by atoms with Crippen LogP contribution in [0.5, 0.6) is 0 Å². The molecule has 0 saturated heterocycles. The molecule has 7 rings (SSSR count). The average molecular weight is 1100 g/mol. The third kappa shape index (κ3) is 49.3. The van der Waals surface area contributed by atoms with Crippen molar-refractivity contribution < 1.29 is 0 Å². The maximum Gasteiger partial charge on any atom is 0.0543 e. The predicted octanol–water partition coefficient (Wildman–Crippen LogP) is 22.2. The number of H-pyrrole nitrogens is 1. The molecule has 8 nitrogen and oxygen atoms in total. The molecule has 0 fully saturated rings. The van der Waals surface area contributed by atoms with Gasteiger partial charge in [0.1, 0.15) is 0 Å². The molecule has 0 amide bonds. The Morgan fingerprint density at radius 3 is 1.16 bits per heavy atom. The molecule has 7 aromatic rings. The summed E-state index contributed by atoms with van der Waals surface area (Å²) in [7, 11) is 0. The second kappa shape index (κ2) is 50.7. The predicted molar refractivity (Wildman–Crippen MR) is 353 cm³/mol. The first-order valence-corrected chi connectivity index (χ1v) is 30.3. The van der Waals surface area contributed by atoms with Gasteiger partial charge in [-0.05, 0) is 120 Å². The maximum absolute atomic E-state index is 4.25. The highest BCUT2D eigenvalue weighted by atomic mass is 32.1. The highest BCUT2D eigenvalue weighted by Gasteiger charge is 2.16. The van der Waals surface area contributed by atoms with Crippen LogP contribution in [0.25, 0.3) is 0 Å². The lowest BCUT2D eigenvalue weighted by Gasteiger charge is -2.18. The summed E-state index contributed by atoms with van der Waals surface area (Å²) in [6, 6.07) is 26.5. The summed E-state index contributed by atoms with van der Waals surface area (Å²) in [5.41, 5.74) is 7.62. The molecule has 1 N–H and O–H groups in total. The van der Waals surface area contributed by atoms with Gasteiger partial charge in [-0.15, -0.1) is 0 Å². The molecule has 0 aliphatic carbocycles. The van der Waals surface area contributed by atoms with Crippen LogP contribution in [-0.2, 0) is 32.6 Å². The average Bonchev–Trinajstić information content (AvgIpc) is 4.28. The molecular formula is C67H122N8S2. The van der Waals surface area contributed by atoms with Crippen LogP contribution in [-0.4, -0.2) is 38.7 Å². The van der Waals surface area contributed by atoms with Crippen LogP contribution in [0.2, 0.25) is 0 Å². The largest absolute Gasteiger partial charge is 0.282 e. The fourth-order valence-electron chi connectivity index (χ4n) is 4.71. The van der Waals surface area contributed by atoms with Gasteiger partial charge in [0.25, 0.3) is 0 Å². The van der Waals surface area contributed by atoms with Gasteiger partial charge in [-0.25, -0.2) is 8.75 Å². The van der Waals surface area contributed by atoms with Crippen molar-refractivity contribution in [2.75, 3.05) is 0 Å². The molecule has 0 saturated carbocycles. The summed E-state index contributed by atoms with van der Waals surface area (Å²) >= 11 is 3.10. The first kappa shape index (κ1) is 86.1. The zero-order valence-corrected chi connectivity index (χ0v) is 57.8. The van der Waals surface area contributed by atoms with Crippen LogP contribution in [0.1, 0.15) is 255 Å². The second-order valence-corrected chi connectivity index (χ2v) is 22.7. The lowest BCUT2D eigenvalue weighted by atomic mass is 9.87. The number of benzene rings is 1. The Morgan fingerprint density at radius 2 is 0.948 bits per heavy atom. The molecule has 6 aromatic heterocycles. The number of hydrogen-bond donors (Lipinski definition) is 1. The van der Waals surface area contributed by atoms with E-state index in [1.54, 1.807) is 30.1 Å². The van der Waals surface area contributed by atoms with Crippen molar-refractivity contribution in [2.45, 2.75) is 261 Å². The minimum atomic E-state index is 0.128. The van der Waals surface area contributed by atoms with Crippen molar-refractivity contribution in [1.29, 1.82) is 0 Å². The molecule has 6 heterocycles. The van der Waals surface area contributed by atoms with Crippen LogP contribution < -0.4 is 0 Å². The number of aromatic amines is 1. The summed E-state index contributed by atoms with van der Waals surface area (Å²) in [6.07, 6.45) is 14.8. The first-order chi connectivity index (χ1) is 36.0. The highest BCUT2D eigenvalue weighted by Crippen LogP contribution is 2.25. The van der Waals surface area contributed by atoms with Crippen molar-refractivity contribution in [3.05, 3.63) is 167 Å². The number of rotatable bonds is 0. The van der Waals surface area contributed by atoms with E-state index in [0.29, 0.717) is 5.41 Å². The van der Waals surface area contributed by atoms with E-state index in [4.69, 9.17) is 0 Å². The molecule has 0 bridgehead atoms. The van der Waals surface area contributed by atoms with Crippen LogP contribution in [0.3, 0.4) is 0 Å². The van der Waals surface area contributed by atoms with Gasteiger partial charge < -0.3 is 0 Å². The number of aromatic nitrogens is 8. The van der Waals surface area contributed by atoms with E-state index in [2.05, 4.69) is 206 Å². The van der Waals surface area contributed by atoms with E-state index in [-0.39, 0.29) is 27.2 Å². The SMILES string of the molecule is CC.CC.CC.CC.CC.CC.CC.CC(C)(C)c1ccccc1.CC(C)(C)c1ccccn1.CC(C)(C)c1ccn[nH]1.CC(C)(C)c1ccns1.CC(C)(C)c1cnsc1.CC(C)(C)n1cccn1.Cc1cccnc1. The lowest BCUT2D eigenvalue weighted by Crippen LogP contribution is -2.21. The standard InChI is InChI=1S/C10H14.C9H13N.2C7H12N2.2C7H11NS.C6H7N.7C2H6/c1-10(2,3)9-7-5-4-6-8-9;1-9(2,3)8-6-4-5-7-10-8;1-7(2,3)9-6-4-5-8-9;1-7(2,3)6-4-5-8-9-6;1-7(2,3)6-4-8-9-5-6;1-7(2,3)6-4-5-8-9-6;1-6-3-2-4-7-5-6;7*1-2/h4-8H,1-3H3;4-7H,1-3H3;4-6H,1-3H3;4-5H,1-3H3,(H,8,9);2*4-5H,1-3H3;2-5H,1H3;7*1-2H3. The summed E-state index contributed by atoms with van der Waals surface area (Å²) in [6.45, 7) is 69.2. The van der Waals surface area contributed by atoms with Crippen LogP contribution in [0.4, 0.5) is 0 Å². The Labute approximate surface area is 487 Å². The van der Waals surface area contributed by atoms with Gasteiger partial charge in [0.2, 0.25) is 0 Å². The molecule has 0 aliphatic heterocycles. The van der Waals surface area contributed by atoms with Gasteiger partial charge in [0.05, 0.1) is 5.54 Å². The third-order valence-electron chi connectivity index (χ3n) is 8.86. The van der Waals surface area contributed by atoms with Crippen LogP contribution in [0, 0.1) is 6.92 Å². The fourth-order valence-corrected chi connectivity index (χ4v) is 6.10. The second-order valence-electron chi connectivity index (χ2n) is 21.2. The van der Waals surface area contributed by atoms with E-state index >= 15 is 0 Å². The summed E-state index contributed by atoms with van der Waals surface area (Å²) in [4.78, 5) is 9.48. The monoisotopic (exact) mass is 1100 g/mol. The molecule has 0 atom stereocenters. The topological polar surface area (TPSA) is 98.1 Å².